The molecule has 1 aliphatic rings. The van der Waals surface area contributed by atoms with Crippen LogP contribution in [0.25, 0.3) is 0 Å². The van der Waals surface area contributed by atoms with Gasteiger partial charge in [-0.2, -0.15) is 0 Å². The second-order valence-corrected chi connectivity index (χ2v) is 4.04. The van der Waals surface area contributed by atoms with Crippen molar-refractivity contribution in [3.05, 3.63) is 34.9 Å². The summed E-state index contributed by atoms with van der Waals surface area (Å²) in [6.45, 7) is 6.61. The van der Waals surface area contributed by atoms with E-state index in [4.69, 9.17) is 0 Å². The molecular formula is C13H20N2. The van der Waals surface area contributed by atoms with Gasteiger partial charge in [-0.25, -0.2) is 0 Å². The fraction of sp³-hybridized carbons (Fsp3) is 0.538. The van der Waals surface area contributed by atoms with Crippen molar-refractivity contribution in [3.8, 4) is 0 Å². The normalized spacial score (nSPS) is 17.2. The quantitative estimate of drug-likeness (QED) is 0.787. The standard InChI is InChI=1S/C13H20N2/c1-3-10-6-5-7-11(4-2)12(10)13-14-8-9-15-13/h5-7,13-15H,3-4,8-9H2,1-2H3. The molecule has 2 rings (SSSR count). The summed E-state index contributed by atoms with van der Waals surface area (Å²) in [4.78, 5) is 0. The lowest BCUT2D eigenvalue weighted by Gasteiger charge is -2.19. The van der Waals surface area contributed by atoms with Gasteiger partial charge in [0, 0.05) is 13.1 Å². The topological polar surface area (TPSA) is 24.1 Å². The van der Waals surface area contributed by atoms with Gasteiger partial charge in [0.25, 0.3) is 0 Å². The molecule has 0 bridgehead atoms. The van der Waals surface area contributed by atoms with Gasteiger partial charge in [0.1, 0.15) is 0 Å². The van der Waals surface area contributed by atoms with Crippen LogP contribution in [0.15, 0.2) is 18.2 Å². The summed E-state index contributed by atoms with van der Waals surface area (Å²) in [6.07, 6.45) is 2.60. The van der Waals surface area contributed by atoms with E-state index in [2.05, 4.69) is 42.7 Å². The van der Waals surface area contributed by atoms with Crippen LogP contribution in [0.3, 0.4) is 0 Å². The molecule has 0 aliphatic carbocycles. The molecule has 0 spiro atoms. The van der Waals surface area contributed by atoms with E-state index in [0.717, 1.165) is 25.9 Å². The maximum Gasteiger partial charge on any atom is 0.0841 e. The molecule has 0 aromatic heterocycles. The highest BCUT2D eigenvalue weighted by Gasteiger charge is 2.19. The van der Waals surface area contributed by atoms with Crippen LogP contribution in [-0.2, 0) is 12.8 Å². The summed E-state index contributed by atoms with van der Waals surface area (Å²) < 4.78 is 0. The number of rotatable bonds is 3. The lowest BCUT2D eigenvalue weighted by molar-refractivity contribution is 0.577. The van der Waals surface area contributed by atoms with Crippen LogP contribution in [0.1, 0.15) is 36.7 Å². The van der Waals surface area contributed by atoms with Crippen molar-refractivity contribution in [1.29, 1.82) is 0 Å². The first kappa shape index (κ1) is 10.7. The van der Waals surface area contributed by atoms with Crippen molar-refractivity contribution in [2.75, 3.05) is 13.1 Å². The van der Waals surface area contributed by atoms with E-state index >= 15 is 0 Å². The summed E-state index contributed by atoms with van der Waals surface area (Å²) in [5, 5.41) is 7.02. The largest absolute Gasteiger partial charge is 0.297 e. The Morgan fingerprint density at radius 3 is 2.07 bits per heavy atom. The number of hydrogen-bond acceptors (Lipinski definition) is 2. The van der Waals surface area contributed by atoms with Gasteiger partial charge in [0.2, 0.25) is 0 Å². The van der Waals surface area contributed by atoms with E-state index < -0.39 is 0 Å². The summed E-state index contributed by atoms with van der Waals surface area (Å²) in [7, 11) is 0. The summed E-state index contributed by atoms with van der Waals surface area (Å²) in [5.41, 5.74) is 4.43. The number of hydrogen-bond donors (Lipinski definition) is 2. The smallest absolute Gasteiger partial charge is 0.0841 e. The van der Waals surface area contributed by atoms with E-state index in [1.807, 2.05) is 0 Å². The molecule has 1 aliphatic heterocycles. The first-order valence-electron chi connectivity index (χ1n) is 5.94. The third kappa shape index (κ3) is 2.06. The monoisotopic (exact) mass is 204 g/mol. The Morgan fingerprint density at radius 1 is 1.07 bits per heavy atom. The van der Waals surface area contributed by atoms with Crippen molar-refractivity contribution in [3.63, 3.8) is 0 Å². The zero-order valence-corrected chi connectivity index (χ0v) is 9.64. The first-order chi connectivity index (χ1) is 7.36. The molecule has 2 heteroatoms. The van der Waals surface area contributed by atoms with Crippen molar-refractivity contribution < 1.29 is 0 Å². The van der Waals surface area contributed by atoms with E-state index in [9.17, 15) is 0 Å². The Hall–Kier alpha value is -0.860. The van der Waals surface area contributed by atoms with E-state index in [0.29, 0.717) is 6.17 Å². The predicted octanol–water partition coefficient (Wildman–Crippen LogP) is 2.00. The molecule has 1 fully saturated rings. The molecule has 2 nitrogen and oxygen atoms in total. The summed E-state index contributed by atoms with van der Waals surface area (Å²) >= 11 is 0. The van der Waals surface area contributed by atoms with E-state index in [-0.39, 0.29) is 0 Å². The molecule has 15 heavy (non-hydrogen) atoms. The summed E-state index contributed by atoms with van der Waals surface area (Å²) in [6, 6.07) is 6.67. The molecule has 1 heterocycles. The molecule has 82 valence electrons. The molecule has 0 saturated carbocycles. The van der Waals surface area contributed by atoms with Crippen molar-refractivity contribution in [2.45, 2.75) is 32.9 Å². The highest BCUT2D eigenvalue weighted by Crippen LogP contribution is 2.23. The van der Waals surface area contributed by atoms with E-state index in [1.54, 1.807) is 0 Å². The highest BCUT2D eigenvalue weighted by atomic mass is 15.2. The van der Waals surface area contributed by atoms with E-state index in [1.165, 1.54) is 16.7 Å². The molecule has 1 aromatic carbocycles. The Labute approximate surface area is 92.1 Å². The van der Waals surface area contributed by atoms with Gasteiger partial charge < -0.3 is 0 Å². The molecule has 0 atom stereocenters. The SMILES string of the molecule is CCc1cccc(CC)c1C1NCCN1. The van der Waals surface area contributed by atoms with Crippen LogP contribution < -0.4 is 10.6 Å². The minimum atomic E-state index is 0.371. The van der Waals surface area contributed by atoms with Crippen molar-refractivity contribution in [1.82, 2.24) is 10.6 Å². The van der Waals surface area contributed by atoms with Crippen LogP contribution in [0, 0.1) is 0 Å². The van der Waals surface area contributed by atoms with Crippen LogP contribution >= 0.6 is 0 Å². The maximum atomic E-state index is 3.51. The third-order valence-corrected chi connectivity index (χ3v) is 3.16. The second kappa shape index (κ2) is 4.77. The zero-order valence-electron chi connectivity index (χ0n) is 9.64. The molecule has 1 aromatic rings. The minimum Gasteiger partial charge on any atom is -0.297 e. The minimum absolute atomic E-state index is 0.371. The van der Waals surface area contributed by atoms with Gasteiger partial charge in [0.15, 0.2) is 0 Å². The van der Waals surface area contributed by atoms with Crippen LogP contribution in [0.5, 0.6) is 0 Å². The van der Waals surface area contributed by atoms with Crippen LogP contribution in [-0.4, -0.2) is 13.1 Å². The van der Waals surface area contributed by atoms with Crippen LogP contribution in [0.4, 0.5) is 0 Å². The molecule has 0 amide bonds. The molecular weight excluding hydrogens is 184 g/mol. The first-order valence-corrected chi connectivity index (χ1v) is 5.94. The van der Waals surface area contributed by atoms with Crippen molar-refractivity contribution in [2.24, 2.45) is 0 Å². The molecule has 0 radical (unpaired) electrons. The average molecular weight is 204 g/mol. The summed E-state index contributed by atoms with van der Waals surface area (Å²) in [5.74, 6) is 0. The highest BCUT2D eigenvalue weighted by molar-refractivity contribution is 5.38. The van der Waals surface area contributed by atoms with Gasteiger partial charge in [0.05, 0.1) is 6.17 Å². The Kier molecular flexibility index (Phi) is 3.39. The Balaban J connectivity index is 2.39. The molecule has 1 saturated heterocycles. The van der Waals surface area contributed by atoms with Gasteiger partial charge in [-0.3, -0.25) is 10.6 Å². The number of benzene rings is 1. The fourth-order valence-corrected chi connectivity index (χ4v) is 2.36. The molecule has 2 N–H and O–H groups in total. The average Bonchev–Trinajstić information content (AvgIpc) is 2.81. The Morgan fingerprint density at radius 2 is 1.60 bits per heavy atom. The Bertz CT molecular complexity index is 305. The predicted molar refractivity (Wildman–Crippen MR) is 63.9 cm³/mol. The number of aryl methyl sites for hydroxylation is 2. The fourth-order valence-electron chi connectivity index (χ4n) is 2.36. The lowest BCUT2D eigenvalue weighted by atomic mass is 9.95. The second-order valence-electron chi connectivity index (χ2n) is 4.04. The van der Waals surface area contributed by atoms with Gasteiger partial charge in [-0.15, -0.1) is 0 Å². The lowest BCUT2D eigenvalue weighted by Crippen LogP contribution is -2.24. The number of nitrogens with one attached hydrogen (secondary N) is 2. The van der Waals surface area contributed by atoms with Crippen LogP contribution in [0.2, 0.25) is 0 Å². The molecule has 0 unspecified atom stereocenters. The zero-order chi connectivity index (χ0) is 10.7. The van der Waals surface area contributed by atoms with Gasteiger partial charge in [-0.05, 0) is 29.5 Å². The van der Waals surface area contributed by atoms with Gasteiger partial charge in [-0.1, -0.05) is 32.0 Å². The van der Waals surface area contributed by atoms with Gasteiger partial charge >= 0.3 is 0 Å². The maximum absolute atomic E-state index is 3.51. The van der Waals surface area contributed by atoms with Crippen molar-refractivity contribution >= 4 is 0 Å². The third-order valence-electron chi connectivity index (χ3n) is 3.16.